The lowest BCUT2D eigenvalue weighted by atomic mass is 10.1. The summed E-state index contributed by atoms with van der Waals surface area (Å²) >= 11 is 0. The first-order chi connectivity index (χ1) is 9.78. The second-order valence-electron chi connectivity index (χ2n) is 4.26. The standard InChI is InChI=1S/C16H17O3P/c1-18-15-9-12(8-13(10-17)16(15)19-2)11-20-14-6-4-3-5-7-14/h3-10,20H,11H2,1-2H3. The lowest BCUT2D eigenvalue weighted by Crippen LogP contribution is -1.98. The molecule has 0 N–H and O–H groups in total. The van der Waals surface area contributed by atoms with Crippen LogP contribution in [0.1, 0.15) is 15.9 Å². The molecule has 104 valence electrons. The largest absolute Gasteiger partial charge is 0.493 e. The maximum Gasteiger partial charge on any atom is 0.171 e. The quantitative estimate of drug-likeness (QED) is 0.605. The Balaban J connectivity index is 2.22. The molecule has 0 aliphatic heterocycles. The van der Waals surface area contributed by atoms with Gasteiger partial charge >= 0.3 is 0 Å². The van der Waals surface area contributed by atoms with Crippen molar-refractivity contribution in [1.82, 2.24) is 0 Å². The highest BCUT2D eigenvalue weighted by atomic mass is 31.1. The minimum atomic E-state index is 0.495. The van der Waals surface area contributed by atoms with Crippen LogP contribution in [0.3, 0.4) is 0 Å². The van der Waals surface area contributed by atoms with Crippen LogP contribution in [0.5, 0.6) is 11.5 Å². The van der Waals surface area contributed by atoms with Crippen LogP contribution < -0.4 is 14.8 Å². The summed E-state index contributed by atoms with van der Waals surface area (Å²) in [6, 6.07) is 14.1. The molecule has 1 atom stereocenters. The second kappa shape index (κ2) is 7.06. The van der Waals surface area contributed by atoms with E-state index in [1.165, 1.54) is 12.4 Å². The van der Waals surface area contributed by atoms with Crippen LogP contribution in [0.4, 0.5) is 0 Å². The maximum atomic E-state index is 11.1. The van der Waals surface area contributed by atoms with Gasteiger partial charge in [0.15, 0.2) is 17.8 Å². The van der Waals surface area contributed by atoms with E-state index in [4.69, 9.17) is 9.47 Å². The number of methoxy groups -OCH3 is 2. The van der Waals surface area contributed by atoms with E-state index in [1.807, 2.05) is 30.3 Å². The van der Waals surface area contributed by atoms with Gasteiger partial charge in [-0.05, 0) is 29.2 Å². The molecule has 0 spiro atoms. The molecule has 20 heavy (non-hydrogen) atoms. The first-order valence-electron chi connectivity index (χ1n) is 6.27. The van der Waals surface area contributed by atoms with Crippen LogP contribution in [0, 0.1) is 0 Å². The number of hydrogen-bond donors (Lipinski definition) is 0. The Morgan fingerprint density at radius 3 is 2.45 bits per heavy atom. The first-order valence-corrected chi connectivity index (χ1v) is 7.48. The fourth-order valence-corrected chi connectivity index (χ4v) is 3.04. The molecule has 2 aromatic rings. The molecular weight excluding hydrogens is 271 g/mol. The van der Waals surface area contributed by atoms with E-state index in [0.717, 1.165) is 18.0 Å². The molecule has 3 nitrogen and oxygen atoms in total. The van der Waals surface area contributed by atoms with E-state index >= 15 is 0 Å². The minimum Gasteiger partial charge on any atom is -0.493 e. The molecule has 0 fully saturated rings. The molecule has 0 aromatic heterocycles. The summed E-state index contributed by atoms with van der Waals surface area (Å²) in [4.78, 5) is 11.1. The van der Waals surface area contributed by atoms with Crippen molar-refractivity contribution in [3.05, 3.63) is 53.6 Å². The summed E-state index contributed by atoms with van der Waals surface area (Å²) in [5, 5.41) is 1.30. The summed E-state index contributed by atoms with van der Waals surface area (Å²) in [6.45, 7) is 0. The molecule has 2 rings (SSSR count). The number of aldehydes is 1. The zero-order chi connectivity index (χ0) is 14.4. The van der Waals surface area contributed by atoms with Gasteiger partial charge in [-0.2, -0.15) is 0 Å². The van der Waals surface area contributed by atoms with Gasteiger partial charge in [-0.1, -0.05) is 38.9 Å². The average molecular weight is 288 g/mol. The van der Waals surface area contributed by atoms with Crippen molar-refractivity contribution in [1.29, 1.82) is 0 Å². The highest BCUT2D eigenvalue weighted by Crippen LogP contribution is 2.33. The molecule has 0 amide bonds. The van der Waals surface area contributed by atoms with Crippen molar-refractivity contribution >= 4 is 20.2 Å². The first kappa shape index (κ1) is 14.5. The zero-order valence-corrected chi connectivity index (χ0v) is 12.6. The number of rotatable bonds is 6. The molecule has 0 saturated carbocycles. The van der Waals surface area contributed by atoms with E-state index in [2.05, 4.69) is 12.1 Å². The third-order valence-corrected chi connectivity index (χ3v) is 4.29. The molecule has 0 radical (unpaired) electrons. The lowest BCUT2D eigenvalue weighted by molar-refractivity contribution is 0.112. The monoisotopic (exact) mass is 288 g/mol. The Labute approximate surface area is 120 Å². The van der Waals surface area contributed by atoms with Gasteiger partial charge in [0, 0.05) is 0 Å². The highest BCUT2D eigenvalue weighted by molar-refractivity contribution is 7.46. The lowest BCUT2D eigenvalue weighted by Gasteiger charge is -2.12. The molecule has 0 bridgehead atoms. The fraction of sp³-hybridized carbons (Fsp3) is 0.188. The molecule has 0 saturated heterocycles. The van der Waals surface area contributed by atoms with Crippen molar-refractivity contribution in [2.45, 2.75) is 6.16 Å². The highest BCUT2D eigenvalue weighted by Gasteiger charge is 2.11. The summed E-state index contributed by atoms with van der Waals surface area (Å²) < 4.78 is 10.5. The number of ether oxygens (including phenoxy) is 2. The van der Waals surface area contributed by atoms with E-state index in [1.54, 1.807) is 7.11 Å². The number of hydrogen-bond acceptors (Lipinski definition) is 3. The smallest absolute Gasteiger partial charge is 0.171 e. The summed E-state index contributed by atoms with van der Waals surface area (Å²) in [7, 11) is 3.78. The van der Waals surface area contributed by atoms with E-state index in [9.17, 15) is 4.79 Å². The van der Waals surface area contributed by atoms with Gasteiger partial charge in [-0.15, -0.1) is 0 Å². The van der Waals surface area contributed by atoms with Gasteiger partial charge in [0.2, 0.25) is 0 Å². The number of carbonyl (C=O) groups excluding carboxylic acids is 1. The van der Waals surface area contributed by atoms with Crippen molar-refractivity contribution in [3.63, 3.8) is 0 Å². The minimum absolute atomic E-state index is 0.495. The summed E-state index contributed by atoms with van der Waals surface area (Å²) in [5.41, 5.74) is 1.60. The van der Waals surface area contributed by atoms with Gasteiger partial charge in [0.05, 0.1) is 19.8 Å². The Morgan fingerprint density at radius 1 is 1.10 bits per heavy atom. The van der Waals surface area contributed by atoms with Crippen LogP contribution in [0.25, 0.3) is 0 Å². The molecule has 0 aliphatic carbocycles. The zero-order valence-electron chi connectivity index (χ0n) is 11.6. The van der Waals surface area contributed by atoms with Gasteiger partial charge in [-0.25, -0.2) is 0 Å². The normalized spacial score (nSPS) is 10.7. The van der Waals surface area contributed by atoms with Crippen molar-refractivity contribution in [3.8, 4) is 11.5 Å². The molecule has 0 heterocycles. The van der Waals surface area contributed by atoms with Crippen molar-refractivity contribution < 1.29 is 14.3 Å². The molecule has 4 heteroatoms. The summed E-state index contributed by atoms with van der Waals surface area (Å²) in [6.07, 6.45) is 1.68. The molecular formula is C16H17O3P. The number of benzene rings is 2. The van der Waals surface area contributed by atoms with Gasteiger partial charge in [0.25, 0.3) is 0 Å². The van der Waals surface area contributed by atoms with Gasteiger partial charge in [0.1, 0.15) is 0 Å². The Morgan fingerprint density at radius 2 is 1.85 bits per heavy atom. The molecule has 1 unspecified atom stereocenters. The predicted molar refractivity (Wildman–Crippen MR) is 83.0 cm³/mol. The van der Waals surface area contributed by atoms with E-state index < -0.39 is 0 Å². The Hall–Kier alpha value is -1.86. The maximum absolute atomic E-state index is 11.1. The van der Waals surface area contributed by atoms with Gasteiger partial charge in [-0.3, -0.25) is 4.79 Å². The van der Waals surface area contributed by atoms with Crippen LogP contribution in [0.2, 0.25) is 0 Å². The second-order valence-corrected chi connectivity index (χ2v) is 5.54. The Kier molecular flexibility index (Phi) is 5.14. The van der Waals surface area contributed by atoms with E-state index in [0.29, 0.717) is 25.6 Å². The molecule has 0 aliphatic rings. The van der Waals surface area contributed by atoms with Crippen molar-refractivity contribution in [2.75, 3.05) is 14.2 Å². The third kappa shape index (κ3) is 3.37. The summed E-state index contributed by atoms with van der Waals surface area (Å²) in [5.74, 6) is 1.10. The van der Waals surface area contributed by atoms with Crippen LogP contribution in [0.15, 0.2) is 42.5 Å². The molecule has 2 aromatic carbocycles. The number of carbonyl (C=O) groups is 1. The van der Waals surface area contributed by atoms with Crippen LogP contribution in [-0.4, -0.2) is 20.5 Å². The Bertz CT molecular complexity index is 582. The van der Waals surface area contributed by atoms with Crippen LogP contribution in [-0.2, 0) is 6.16 Å². The fourth-order valence-electron chi connectivity index (χ4n) is 2.00. The topological polar surface area (TPSA) is 35.5 Å². The SMILES string of the molecule is COc1cc(CPc2ccccc2)cc(C=O)c1OC. The van der Waals surface area contributed by atoms with Crippen LogP contribution >= 0.6 is 8.58 Å². The van der Waals surface area contributed by atoms with Gasteiger partial charge < -0.3 is 9.47 Å². The average Bonchev–Trinajstić information content (AvgIpc) is 2.52. The van der Waals surface area contributed by atoms with E-state index in [-0.39, 0.29) is 0 Å². The third-order valence-electron chi connectivity index (χ3n) is 2.96. The predicted octanol–water partition coefficient (Wildman–Crippen LogP) is 3.02. The van der Waals surface area contributed by atoms with Crippen molar-refractivity contribution in [2.24, 2.45) is 0 Å².